The first-order valence-corrected chi connectivity index (χ1v) is 9.46. The molecule has 1 amide bonds. The Kier molecular flexibility index (Phi) is 7.36. The number of methoxy groups -OCH3 is 2. The summed E-state index contributed by atoms with van der Waals surface area (Å²) in [5, 5.41) is 14.2. The lowest BCUT2D eigenvalue weighted by Gasteiger charge is -2.12. The molecule has 166 valence electrons. The number of amides is 1. The Morgan fingerprint density at radius 3 is 2.62 bits per heavy atom. The number of aromatic nitrogens is 3. The van der Waals surface area contributed by atoms with E-state index in [-0.39, 0.29) is 29.7 Å². The Hall–Kier alpha value is -4.41. The number of carbonyl (C=O) groups is 1. The summed E-state index contributed by atoms with van der Waals surface area (Å²) in [6, 6.07) is 12.1. The number of hydrazone groups is 1. The van der Waals surface area contributed by atoms with Crippen LogP contribution in [0.4, 0.5) is 11.6 Å². The van der Waals surface area contributed by atoms with Gasteiger partial charge in [0.15, 0.2) is 18.1 Å². The fourth-order valence-electron chi connectivity index (χ4n) is 2.57. The number of carbonyl (C=O) groups excluding carboxylic acids is 1. The summed E-state index contributed by atoms with van der Waals surface area (Å²) in [6.45, 7) is 1.33. The van der Waals surface area contributed by atoms with Crippen LogP contribution in [-0.4, -0.2) is 48.1 Å². The van der Waals surface area contributed by atoms with E-state index in [1.807, 2.05) is 6.07 Å². The molecule has 0 aliphatic heterocycles. The van der Waals surface area contributed by atoms with Gasteiger partial charge in [0.05, 0.1) is 26.1 Å². The van der Waals surface area contributed by atoms with Gasteiger partial charge in [0.25, 0.3) is 11.5 Å². The average molecular weight is 438 g/mol. The van der Waals surface area contributed by atoms with Gasteiger partial charge in [0, 0.05) is 0 Å². The number of H-pyrrole nitrogens is 1. The Morgan fingerprint density at radius 1 is 1.09 bits per heavy atom. The molecule has 2 aromatic carbocycles. The maximum absolute atomic E-state index is 12.2. The van der Waals surface area contributed by atoms with Crippen LogP contribution in [0.5, 0.6) is 17.2 Å². The summed E-state index contributed by atoms with van der Waals surface area (Å²) in [4.78, 5) is 26.3. The Labute approximate surface area is 183 Å². The highest BCUT2D eigenvalue weighted by Crippen LogP contribution is 2.28. The van der Waals surface area contributed by atoms with Crippen LogP contribution in [0, 0.1) is 6.92 Å². The monoisotopic (exact) mass is 438 g/mol. The number of anilines is 2. The number of para-hydroxylation sites is 2. The molecule has 0 radical (unpaired) electrons. The van der Waals surface area contributed by atoms with Crippen LogP contribution in [0.2, 0.25) is 0 Å². The van der Waals surface area contributed by atoms with Crippen molar-refractivity contribution < 1.29 is 19.0 Å². The molecule has 3 rings (SSSR count). The summed E-state index contributed by atoms with van der Waals surface area (Å²) in [7, 11) is 3.02. The number of ether oxygens (including phenoxy) is 3. The summed E-state index contributed by atoms with van der Waals surface area (Å²) in [6.07, 6.45) is 1.50. The second-order valence-corrected chi connectivity index (χ2v) is 6.41. The van der Waals surface area contributed by atoms with Crippen molar-refractivity contribution >= 4 is 23.8 Å². The number of benzene rings is 2. The van der Waals surface area contributed by atoms with Crippen molar-refractivity contribution in [1.82, 2.24) is 15.2 Å². The Bertz CT molecular complexity index is 1180. The van der Waals surface area contributed by atoms with E-state index in [0.717, 1.165) is 0 Å². The fourth-order valence-corrected chi connectivity index (χ4v) is 2.57. The van der Waals surface area contributed by atoms with Gasteiger partial charge in [-0.05, 0) is 42.8 Å². The van der Waals surface area contributed by atoms with Crippen LogP contribution >= 0.6 is 0 Å². The van der Waals surface area contributed by atoms with Crippen LogP contribution in [0.25, 0.3) is 0 Å². The maximum atomic E-state index is 12.2. The van der Waals surface area contributed by atoms with E-state index >= 15 is 0 Å². The Morgan fingerprint density at radius 2 is 1.88 bits per heavy atom. The zero-order valence-corrected chi connectivity index (χ0v) is 17.7. The molecule has 32 heavy (non-hydrogen) atoms. The molecule has 0 saturated carbocycles. The Balaban J connectivity index is 1.60. The highest BCUT2D eigenvalue weighted by molar-refractivity contribution is 5.93. The first-order valence-electron chi connectivity index (χ1n) is 9.46. The van der Waals surface area contributed by atoms with Crippen molar-refractivity contribution in [2.75, 3.05) is 31.6 Å². The number of hydrogen-bond acceptors (Lipinski definition) is 9. The van der Waals surface area contributed by atoms with Crippen molar-refractivity contribution in [2.45, 2.75) is 6.92 Å². The highest BCUT2D eigenvalue weighted by Gasteiger charge is 2.10. The molecular formula is C21H22N6O5. The third-order valence-corrected chi connectivity index (χ3v) is 4.17. The zero-order chi connectivity index (χ0) is 22.9. The molecule has 3 aromatic rings. The minimum atomic E-state index is -0.351. The molecular weight excluding hydrogens is 416 g/mol. The average Bonchev–Trinajstić information content (AvgIpc) is 2.80. The first kappa shape index (κ1) is 22.3. The molecule has 1 aromatic heterocycles. The van der Waals surface area contributed by atoms with Gasteiger partial charge in [-0.1, -0.05) is 12.1 Å². The number of aromatic amines is 1. The lowest BCUT2D eigenvalue weighted by Crippen LogP contribution is -2.20. The number of nitrogens with one attached hydrogen (secondary N) is 3. The minimum Gasteiger partial charge on any atom is -0.495 e. The molecule has 11 heteroatoms. The molecule has 0 bridgehead atoms. The second kappa shape index (κ2) is 10.6. The molecule has 0 unspecified atom stereocenters. The molecule has 0 saturated heterocycles. The lowest BCUT2D eigenvalue weighted by molar-refractivity contribution is -0.118. The molecule has 0 atom stereocenters. The van der Waals surface area contributed by atoms with E-state index in [1.54, 1.807) is 43.3 Å². The van der Waals surface area contributed by atoms with Gasteiger partial charge in [0.1, 0.15) is 11.4 Å². The summed E-state index contributed by atoms with van der Waals surface area (Å²) in [5.41, 5.74) is 3.73. The molecule has 0 aliphatic rings. The minimum absolute atomic E-state index is 0.116. The van der Waals surface area contributed by atoms with Gasteiger partial charge in [-0.2, -0.15) is 5.10 Å². The first-order chi connectivity index (χ1) is 15.5. The quantitative estimate of drug-likeness (QED) is 0.340. The SMILES string of the molecule is COc1ccccc1NC(=O)COc1ccc(/C=N/Nc2nnc(C)c(=O)[nH]2)cc1OC. The normalized spacial score (nSPS) is 10.6. The smallest absolute Gasteiger partial charge is 0.274 e. The highest BCUT2D eigenvalue weighted by atomic mass is 16.5. The van der Waals surface area contributed by atoms with E-state index in [9.17, 15) is 9.59 Å². The molecule has 0 spiro atoms. The molecule has 0 fully saturated rings. The van der Waals surface area contributed by atoms with Crippen molar-refractivity contribution in [1.29, 1.82) is 0 Å². The summed E-state index contributed by atoms with van der Waals surface area (Å²) in [5.74, 6) is 1.13. The summed E-state index contributed by atoms with van der Waals surface area (Å²) < 4.78 is 16.1. The van der Waals surface area contributed by atoms with Crippen molar-refractivity contribution in [3.63, 3.8) is 0 Å². The van der Waals surface area contributed by atoms with Crippen molar-refractivity contribution in [3.8, 4) is 17.2 Å². The topological polar surface area (TPSA) is 140 Å². The van der Waals surface area contributed by atoms with Crippen LogP contribution < -0.4 is 30.5 Å². The van der Waals surface area contributed by atoms with Gasteiger partial charge >= 0.3 is 0 Å². The predicted octanol–water partition coefficient (Wildman–Crippen LogP) is 1.95. The number of rotatable bonds is 9. The van der Waals surface area contributed by atoms with E-state index in [1.165, 1.54) is 20.4 Å². The van der Waals surface area contributed by atoms with Gasteiger partial charge < -0.3 is 19.5 Å². The van der Waals surface area contributed by atoms with E-state index in [2.05, 4.69) is 31.0 Å². The lowest BCUT2D eigenvalue weighted by atomic mass is 10.2. The number of nitrogens with zero attached hydrogens (tertiary/aromatic N) is 3. The second-order valence-electron chi connectivity index (χ2n) is 6.41. The number of aryl methyl sites for hydroxylation is 1. The molecule has 1 heterocycles. The predicted molar refractivity (Wildman–Crippen MR) is 119 cm³/mol. The van der Waals surface area contributed by atoms with E-state index in [0.29, 0.717) is 28.5 Å². The molecule has 3 N–H and O–H groups in total. The van der Waals surface area contributed by atoms with Gasteiger partial charge in [-0.15, -0.1) is 10.2 Å². The van der Waals surface area contributed by atoms with Crippen LogP contribution in [0.3, 0.4) is 0 Å². The van der Waals surface area contributed by atoms with E-state index < -0.39 is 0 Å². The zero-order valence-electron chi connectivity index (χ0n) is 17.7. The van der Waals surface area contributed by atoms with Gasteiger partial charge in [-0.3, -0.25) is 14.6 Å². The van der Waals surface area contributed by atoms with Crippen molar-refractivity contribution in [3.05, 3.63) is 64.1 Å². The van der Waals surface area contributed by atoms with Crippen LogP contribution in [0.15, 0.2) is 52.4 Å². The summed E-state index contributed by atoms with van der Waals surface area (Å²) >= 11 is 0. The standard InChI is InChI=1S/C21H22N6O5/c1-13-20(29)24-21(27-25-13)26-22-11-14-8-9-17(18(10-14)31-3)32-12-19(28)23-15-6-4-5-7-16(15)30-2/h4-11H,12H2,1-3H3,(H,23,28)(H2,24,26,27,29)/b22-11+. The number of hydrogen-bond donors (Lipinski definition) is 3. The van der Waals surface area contributed by atoms with Gasteiger partial charge in [0.2, 0.25) is 5.95 Å². The van der Waals surface area contributed by atoms with Crippen molar-refractivity contribution in [2.24, 2.45) is 5.10 Å². The van der Waals surface area contributed by atoms with Gasteiger partial charge in [-0.25, -0.2) is 5.43 Å². The third kappa shape index (κ3) is 5.81. The largest absolute Gasteiger partial charge is 0.495 e. The maximum Gasteiger partial charge on any atom is 0.274 e. The van der Waals surface area contributed by atoms with Crippen LogP contribution in [0.1, 0.15) is 11.3 Å². The fraction of sp³-hybridized carbons (Fsp3) is 0.190. The van der Waals surface area contributed by atoms with Crippen LogP contribution in [-0.2, 0) is 4.79 Å². The molecule has 11 nitrogen and oxygen atoms in total. The third-order valence-electron chi connectivity index (χ3n) is 4.17. The molecule has 0 aliphatic carbocycles. The van der Waals surface area contributed by atoms with E-state index in [4.69, 9.17) is 14.2 Å².